The van der Waals surface area contributed by atoms with Gasteiger partial charge in [0.05, 0.1) is 13.2 Å². The summed E-state index contributed by atoms with van der Waals surface area (Å²) in [5, 5.41) is 2.00. The molecule has 0 bridgehead atoms. The molecule has 0 fully saturated rings. The fraction of sp³-hybridized carbons (Fsp3) is 0.333. The summed E-state index contributed by atoms with van der Waals surface area (Å²) in [6.45, 7) is 2.19. The van der Waals surface area contributed by atoms with Crippen LogP contribution in [0.25, 0.3) is 0 Å². The van der Waals surface area contributed by atoms with Crippen molar-refractivity contribution in [3.8, 4) is 5.75 Å². The predicted octanol–water partition coefficient (Wildman–Crippen LogP) is 3.26. The van der Waals surface area contributed by atoms with Gasteiger partial charge < -0.3 is 4.74 Å². The molecule has 2 aromatic rings. The maximum absolute atomic E-state index is 5.73. The number of hydrogen-bond donors (Lipinski definition) is 2. The summed E-state index contributed by atoms with van der Waals surface area (Å²) in [5.74, 6) is 6.61. The lowest BCUT2D eigenvalue weighted by Gasteiger charge is -2.15. The van der Waals surface area contributed by atoms with Gasteiger partial charge in [-0.3, -0.25) is 5.84 Å². The molecule has 0 aliphatic rings. The Hall–Kier alpha value is -1.36. The number of methoxy groups -OCH3 is 1. The van der Waals surface area contributed by atoms with Crippen LogP contribution in [0.2, 0.25) is 0 Å². The van der Waals surface area contributed by atoms with E-state index in [1.165, 1.54) is 11.1 Å². The van der Waals surface area contributed by atoms with E-state index in [-0.39, 0.29) is 6.04 Å². The first kappa shape index (κ1) is 14.1. The SMILES string of the molecule is CCCc1cccc(C(NN)c2cc(OC)cs2)c1. The molecular formula is C15H20N2OS. The highest BCUT2D eigenvalue weighted by molar-refractivity contribution is 7.10. The Balaban J connectivity index is 2.28. The Bertz CT molecular complexity index is 524. The summed E-state index contributed by atoms with van der Waals surface area (Å²) in [5.41, 5.74) is 5.44. The number of nitrogens with one attached hydrogen (secondary N) is 1. The normalized spacial score (nSPS) is 12.4. The second-order valence-electron chi connectivity index (χ2n) is 4.48. The van der Waals surface area contributed by atoms with Crippen LogP contribution >= 0.6 is 11.3 Å². The average Bonchev–Trinajstić information content (AvgIpc) is 2.89. The van der Waals surface area contributed by atoms with Crippen LogP contribution in [0, 0.1) is 0 Å². The minimum Gasteiger partial charge on any atom is -0.496 e. The third kappa shape index (κ3) is 3.35. The van der Waals surface area contributed by atoms with Crippen molar-refractivity contribution in [2.45, 2.75) is 25.8 Å². The molecule has 1 heterocycles. The first-order chi connectivity index (χ1) is 9.28. The molecule has 3 nitrogen and oxygen atoms in total. The highest BCUT2D eigenvalue weighted by Crippen LogP contribution is 2.30. The number of benzene rings is 1. The van der Waals surface area contributed by atoms with Crippen molar-refractivity contribution in [2.75, 3.05) is 7.11 Å². The molecule has 0 spiro atoms. The Kier molecular flexibility index (Phi) is 4.96. The Morgan fingerprint density at radius 3 is 2.84 bits per heavy atom. The molecule has 102 valence electrons. The van der Waals surface area contributed by atoms with Gasteiger partial charge in [0.2, 0.25) is 0 Å². The number of rotatable bonds is 6. The number of hydrogen-bond acceptors (Lipinski definition) is 4. The molecule has 4 heteroatoms. The van der Waals surface area contributed by atoms with E-state index >= 15 is 0 Å². The van der Waals surface area contributed by atoms with Gasteiger partial charge in [0.15, 0.2) is 0 Å². The monoisotopic (exact) mass is 276 g/mol. The summed E-state index contributed by atoms with van der Waals surface area (Å²) in [6, 6.07) is 10.6. The highest BCUT2D eigenvalue weighted by Gasteiger charge is 2.15. The van der Waals surface area contributed by atoms with Crippen LogP contribution in [0.15, 0.2) is 35.7 Å². The van der Waals surface area contributed by atoms with Crippen LogP contribution in [-0.2, 0) is 6.42 Å². The minimum absolute atomic E-state index is 0.0192. The van der Waals surface area contributed by atoms with E-state index in [1.54, 1.807) is 18.4 Å². The molecule has 0 amide bonds. The van der Waals surface area contributed by atoms with Crippen LogP contribution < -0.4 is 16.0 Å². The summed E-state index contributed by atoms with van der Waals surface area (Å²) >= 11 is 1.65. The number of thiophene rings is 1. The van der Waals surface area contributed by atoms with Crippen molar-refractivity contribution in [1.29, 1.82) is 0 Å². The van der Waals surface area contributed by atoms with Gasteiger partial charge in [-0.25, -0.2) is 5.43 Å². The molecule has 0 radical (unpaired) electrons. The molecule has 0 saturated carbocycles. The lowest BCUT2D eigenvalue weighted by Crippen LogP contribution is -2.28. The summed E-state index contributed by atoms with van der Waals surface area (Å²) in [4.78, 5) is 1.16. The largest absolute Gasteiger partial charge is 0.496 e. The van der Waals surface area contributed by atoms with Crippen molar-refractivity contribution >= 4 is 11.3 Å². The maximum atomic E-state index is 5.73. The first-order valence-corrected chi connectivity index (χ1v) is 7.33. The number of hydrazine groups is 1. The van der Waals surface area contributed by atoms with Crippen molar-refractivity contribution in [3.63, 3.8) is 0 Å². The highest BCUT2D eigenvalue weighted by atomic mass is 32.1. The molecule has 1 atom stereocenters. The fourth-order valence-electron chi connectivity index (χ4n) is 2.15. The zero-order chi connectivity index (χ0) is 13.7. The topological polar surface area (TPSA) is 47.3 Å². The fourth-order valence-corrected chi connectivity index (χ4v) is 3.09. The lowest BCUT2D eigenvalue weighted by atomic mass is 10.0. The molecule has 1 aromatic heterocycles. The van der Waals surface area contributed by atoms with Crippen molar-refractivity contribution < 1.29 is 4.74 Å². The molecule has 2 rings (SSSR count). The van der Waals surface area contributed by atoms with Gasteiger partial charge in [-0.15, -0.1) is 11.3 Å². The van der Waals surface area contributed by atoms with Crippen LogP contribution in [0.1, 0.15) is 35.4 Å². The van der Waals surface area contributed by atoms with Crippen molar-refractivity contribution in [3.05, 3.63) is 51.7 Å². The second-order valence-corrected chi connectivity index (χ2v) is 5.43. The molecule has 1 aromatic carbocycles. The number of ether oxygens (including phenoxy) is 1. The van der Waals surface area contributed by atoms with Crippen LogP contribution in [-0.4, -0.2) is 7.11 Å². The van der Waals surface area contributed by atoms with E-state index in [0.29, 0.717) is 0 Å². The van der Waals surface area contributed by atoms with E-state index in [1.807, 2.05) is 11.4 Å². The Labute approximate surface area is 118 Å². The summed E-state index contributed by atoms with van der Waals surface area (Å²) in [6.07, 6.45) is 2.25. The van der Waals surface area contributed by atoms with Crippen LogP contribution in [0.3, 0.4) is 0 Å². The molecule has 3 N–H and O–H groups in total. The summed E-state index contributed by atoms with van der Waals surface area (Å²) < 4.78 is 5.23. The van der Waals surface area contributed by atoms with Gasteiger partial charge >= 0.3 is 0 Å². The lowest BCUT2D eigenvalue weighted by molar-refractivity contribution is 0.416. The standard InChI is InChI=1S/C15H20N2OS/c1-3-5-11-6-4-7-12(8-11)15(17-16)14-9-13(18-2)10-19-14/h4,6-10,15,17H,3,5,16H2,1-2H3. The average molecular weight is 276 g/mol. The van der Waals surface area contributed by atoms with E-state index in [0.717, 1.165) is 23.5 Å². The summed E-state index contributed by atoms with van der Waals surface area (Å²) in [7, 11) is 1.68. The third-order valence-corrected chi connectivity index (χ3v) is 4.08. The van der Waals surface area contributed by atoms with Gasteiger partial charge in [0.1, 0.15) is 5.75 Å². The van der Waals surface area contributed by atoms with E-state index in [2.05, 4.69) is 36.6 Å². The molecule has 1 unspecified atom stereocenters. The van der Waals surface area contributed by atoms with Crippen LogP contribution in [0.5, 0.6) is 5.75 Å². The zero-order valence-corrected chi connectivity index (χ0v) is 12.2. The van der Waals surface area contributed by atoms with Gasteiger partial charge in [0, 0.05) is 10.3 Å². The molecule has 19 heavy (non-hydrogen) atoms. The van der Waals surface area contributed by atoms with Crippen molar-refractivity contribution in [2.24, 2.45) is 5.84 Å². The second kappa shape index (κ2) is 6.70. The van der Waals surface area contributed by atoms with Gasteiger partial charge in [-0.05, 0) is 23.6 Å². The number of aryl methyl sites for hydroxylation is 1. The van der Waals surface area contributed by atoms with Crippen molar-refractivity contribution in [1.82, 2.24) is 5.43 Å². The van der Waals surface area contributed by atoms with Crippen LogP contribution in [0.4, 0.5) is 0 Å². The van der Waals surface area contributed by atoms with E-state index in [9.17, 15) is 0 Å². The molecule has 0 aliphatic heterocycles. The van der Waals surface area contributed by atoms with E-state index < -0.39 is 0 Å². The molecular weight excluding hydrogens is 256 g/mol. The smallest absolute Gasteiger partial charge is 0.129 e. The Morgan fingerprint density at radius 1 is 1.37 bits per heavy atom. The molecule has 0 aliphatic carbocycles. The maximum Gasteiger partial charge on any atom is 0.129 e. The molecule has 0 saturated heterocycles. The minimum atomic E-state index is 0.0192. The van der Waals surface area contributed by atoms with Gasteiger partial charge in [-0.2, -0.15) is 0 Å². The first-order valence-electron chi connectivity index (χ1n) is 6.45. The third-order valence-electron chi connectivity index (χ3n) is 3.11. The zero-order valence-electron chi connectivity index (χ0n) is 11.3. The predicted molar refractivity (Wildman–Crippen MR) is 80.5 cm³/mol. The van der Waals surface area contributed by atoms with E-state index in [4.69, 9.17) is 10.6 Å². The van der Waals surface area contributed by atoms with Gasteiger partial charge in [0.25, 0.3) is 0 Å². The quantitative estimate of drug-likeness (QED) is 0.629. The number of nitrogens with two attached hydrogens (primary N) is 1. The van der Waals surface area contributed by atoms with Gasteiger partial charge in [-0.1, -0.05) is 37.6 Å². The Morgan fingerprint density at radius 2 is 2.21 bits per heavy atom.